The summed E-state index contributed by atoms with van der Waals surface area (Å²) in [6, 6.07) is 31.6. The maximum Gasteiger partial charge on any atom is 3.00 e. The van der Waals surface area contributed by atoms with E-state index in [9.17, 15) is 0 Å². The number of benzene rings is 3. The van der Waals surface area contributed by atoms with Crippen molar-refractivity contribution in [3.05, 3.63) is 104 Å². The summed E-state index contributed by atoms with van der Waals surface area (Å²) < 4.78 is 2.01. The molecule has 5 heteroatoms. The molecule has 1 aromatic heterocycles. The van der Waals surface area contributed by atoms with Crippen LogP contribution in [0.1, 0.15) is 5.56 Å². The second-order valence-corrected chi connectivity index (χ2v) is 6.17. The Morgan fingerprint density at radius 1 is 0.867 bits per heavy atom. The molecule has 0 aliphatic heterocycles. The van der Waals surface area contributed by atoms with Crippen LogP contribution >= 0.6 is 0 Å². The largest absolute Gasteiger partial charge is 3.00 e. The first-order chi connectivity index (χ1) is 12.7. The summed E-state index contributed by atoms with van der Waals surface area (Å²) in [5.41, 5.74) is 7.21. The molecule has 0 saturated heterocycles. The van der Waals surface area contributed by atoms with Gasteiger partial charge >= 0.3 is 32.7 Å². The van der Waals surface area contributed by atoms with Gasteiger partial charge in [-0.3, -0.25) is 27.8 Å². The van der Waals surface area contributed by atoms with Crippen LogP contribution in [0.3, 0.4) is 0 Å². The summed E-state index contributed by atoms with van der Waals surface area (Å²) in [6.45, 7) is 2.10. The molecule has 4 rings (SSSR count). The van der Waals surface area contributed by atoms with Crippen molar-refractivity contribution in [3.8, 4) is 33.5 Å². The molecule has 0 aliphatic rings. The van der Waals surface area contributed by atoms with E-state index < -0.39 is 0 Å². The average molecular weight is 537 g/mol. The zero-order chi connectivity index (χ0) is 17.9. The Bertz CT molecular complexity index is 1070. The minimum Gasteiger partial charge on any atom is -0.367 e. The molecule has 0 saturated carbocycles. The molecule has 0 spiro atoms. The molecular weight excluding hydrogens is 517 g/mol. The first-order valence-electron chi connectivity index (χ1n) is 8.47. The van der Waals surface area contributed by atoms with Crippen LogP contribution in [0.2, 0.25) is 0 Å². The molecule has 0 aliphatic carbocycles. The third-order valence-corrected chi connectivity index (χ3v) is 4.35. The van der Waals surface area contributed by atoms with Crippen molar-refractivity contribution in [2.45, 2.75) is 6.92 Å². The van der Waals surface area contributed by atoms with Gasteiger partial charge in [0.25, 0.3) is 6.33 Å². The van der Waals surface area contributed by atoms with Gasteiger partial charge in [-0.1, -0.05) is 17.5 Å². The van der Waals surface area contributed by atoms with Crippen molar-refractivity contribution in [1.82, 2.24) is 4.98 Å². The molecule has 4 radical (unpaired) electrons. The predicted octanol–water partition coefficient (Wildman–Crippen LogP) is 4.48. The summed E-state index contributed by atoms with van der Waals surface area (Å²) in [7, 11) is 1.99. The van der Waals surface area contributed by atoms with Gasteiger partial charge in [0, 0.05) is 41.1 Å². The van der Waals surface area contributed by atoms with Crippen molar-refractivity contribution in [2.24, 2.45) is 7.05 Å². The molecular formula is C25H20BN2Y2-. The third-order valence-electron chi connectivity index (χ3n) is 4.35. The quantitative estimate of drug-likeness (QED) is 0.214. The molecule has 1 heterocycles. The third kappa shape index (κ3) is 6.50. The molecule has 30 heavy (non-hydrogen) atoms. The number of nitrogens with zero attached hydrogens (tertiary/aromatic N) is 2. The van der Waals surface area contributed by atoms with Crippen molar-refractivity contribution >= 4 is 8.41 Å². The van der Waals surface area contributed by atoms with Crippen molar-refractivity contribution in [3.63, 3.8) is 0 Å². The van der Waals surface area contributed by atoms with E-state index in [-0.39, 0.29) is 81.3 Å². The van der Waals surface area contributed by atoms with Crippen LogP contribution in [0.4, 0.5) is 0 Å². The number of rotatable bonds is 3. The number of aromatic nitrogens is 2. The zero-order valence-corrected chi connectivity index (χ0v) is 23.2. The van der Waals surface area contributed by atoms with E-state index >= 15 is 0 Å². The zero-order valence-electron chi connectivity index (χ0n) is 17.5. The Morgan fingerprint density at radius 3 is 2.37 bits per heavy atom. The van der Waals surface area contributed by atoms with Crippen LogP contribution in [0, 0.1) is 38.6 Å². The van der Waals surface area contributed by atoms with E-state index in [0.717, 1.165) is 33.5 Å². The van der Waals surface area contributed by atoms with Crippen LogP contribution in [-0.2, 0) is 72.5 Å². The molecule has 140 valence electrons. The fourth-order valence-electron chi connectivity index (χ4n) is 2.95. The van der Waals surface area contributed by atoms with Gasteiger partial charge in [-0.2, -0.15) is 5.56 Å². The van der Waals surface area contributed by atoms with E-state index in [4.69, 9.17) is 0 Å². The molecule has 0 unspecified atom stereocenters. The molecule has 0 fully saturated rings. The van der Waals surface area contributed by atoms with E-state index in [1.54, 1.807) is 12.5 Å². The first kappa shape index (κ1) is 29.0. The minimum atomic E-state index is 0. The topological polar surface area (TPSA) is 16.8 Å². The normalized spacial score (nSPS) is 9.27. The van der Waals surface area contributed by atoms with Gasteiger partial charge in [0.05, 0.1) is 12.7 Å². The average Bonchev–Trinajstić information content (AvgIpc) is 2.70. The van der Waals surface area contributed by atoms with Crippen LogP contribution < -0.4 is 4.57 Å². The Labute approximate surface area is 232 Å². The van der Waals surface area contributed by atoms with Crippen molar-refractivity contribution in [1.29, 1.82) is 0 Å². The maximum atomic E-state index is 4.16. The first-order valence-corrected chi connectivity index (χ1v) is 8.47. The molecule has 2 nitrogen and oxygen atoms in total. The van der Waals surface area contributed by atoms with Gasteiger partial charge in [-0.25, -0.2) is 12.1 Å². The van der Waals surface area contributed by atoms with Gasteiger partial charge in [-0.15, -0.1) is 42.0 Å². The molecule has 3 aromatic carbocycles. The number of hydrogen-bond acceptors (Lipinski definition) is 1. The molecule has 0 bridgehead atoms. The minimum absolute atomic E-state index is 0. The smallest absolute Gasteiger partial charge is 0.367 e. The van der Waals surface area contributed by atoms with Crippen LogP contribution in [0.5, 0.6) is 0 Å². The number of hydrogen-bond donors (Lipinski definition) is 0. The SMILES string of the molecule is Cc1ccc(-c2[c-]ccc(-c3[c-]cccc3)[c-]2)[c-]c1-c1ccnc[n+]1C.[B].[CH3-].[Y+3].[Y]. The summed E-state index contributed by atoms with van der Waals surface area (Å²) in [6.07, 6.45) is 3.61. The molecule has 4 aromatic rings. The summed E-state index contributed by atoms with van der Waals surface area (Å²) in [4.78, 5) is 4.16. The standard InChI is InChI=1S/C24H17N2.CH3.B.2Y/c1-18-11-12-22(16-23(18)24-13-14-25-17-26(24)2)21-10-6-9-20(15-21)19-7-4-3-5-8-19;;;;/h3-7,9,11-14,17H,1-2H3;1H3;;;/q-3;-1;;;+3. The van der Waals surface area contributed by atoms with Crippen LogP contribution in [-0.4, -0.2) is 13.4 Å². The summed E-state index contributed by atoms with van der Waals surface area (Å²) in [5.74, 6) is 0. The fraction of sp³-hybridized carbons (Fsp3) is 0.0800. The Morgan fingerprint density at radius 2 is 1.67 bits per heavy atom. The second kappa shape index (κ2) is 13.4. The van der Waals surface area contributed by atoms with Crippen molar-refractivity contribution < 1.29 is 70.0 Å². The molecule has 0 atom stereocenters. The second-order valence-electron chi connectivity index (χ2n) is 6.17. The Balaban J connectivity index is 0.00000210. The Kier molecular flexibility index (Phi) is 13.0. The molecule has 0 amide bonds. The summed E-state index contributed by atoms with van der Waals surface area (Å²) in [5, 5.41) is 0. The maximum absolute atomic E-state index is 4.16. The van der Waals surface area contributed by atoms with Crippen molar-refractivity contribution in [2.75, 3.05) is 0 Å². The van der Waals surface area contributed by atoms with Gasteiger partial charge in [0.2, 0.25) is 0 Å². The monoisotopic (exact) mass is 537 g/mol. The van der Waals surface area contributed by atoms with E-state index in [1.165, 1.54) is 5.56 Å². The predicted molar refractivity (Wildman–Crippen MR) is 114 cm³/mol. The number of aryl methyl sites for hydroxylation is 2. The van der Waals surface area contributed by atoms with E-state index in [1.807, 2.05) is 54.1 Å². The molecule has 0 N–H and O–H groups in total. The fourth-order valence-corrected chi connectivity index (χ4v) is 2.95. The van der Waals surface area contributed by atoms with Gasteiger partial charge in [0.15, 0.2) is 0 Å². The van der Waals surface area contributed by atoms with E-state index in [2.05, 4.69) is 48.3 Å². The van der Waals surface area contributed by atoms with Crippen LogP contribution in [0.15, 0.2) is 67.1 Å². The van der Waals surface area contributed by atoms with Gasteiger partial charge < -0.3 is 25.1 Å². The Hall–Kier alpha value is -0.987. The summed E-state index contributed by atoms with van der Waals surface area (Å²) >= 11 is 0. The van der Waals surface area contributed by atoms with Gasteiger partial charge in [-0.05, 0) is 6.07 Å². The van der Waals surface area contributed by atoms with Crippen LogP contribution in [0.25, 0.3) is 33.5 Å². The van der Waals surface area contributed by atoms with E-state index in [0.29, 0.717) is 0 Å². The van der Waals surface area contributed by atoms with Gasteiger partial charge in [0.1, 0.15) is 6.20 Å².